The lowest BCUT2D eigenvalue weighted by Crippen LogP contribution is -2.34. The largest absolute Gasteiger partial charge is 0.393 e. The van der Waals surface area contributed by atoms with Gasteiger partial charge >= 0.3 is 0 Å². The molecule has 3 rings (SSSR count). The molecule has 1 unspecified atom stereocenters. The molecule has 1 fully saturated rings. The Balaban J connectivity index is 1.68. The van der Waals surface area contributed by atoms with Crippen LogP contribution in [-0.4, -0.2) is 45.4 Å². The first kappa shape index (κ1) is 13.9. The average molecular weight is 292 g/mol. The van der Waals surface area contributed by atoms with E-state index in [1.54, 1.807) is 11.3 Å². The fourth-order valence-electron chi connectivity index (χ4n) is 2.73. The lowest BCUT2D eigenvalue weighted by atomic mass is 9.96. The molecule has 1 atom stereocenters. The summed E-state index contributed by atoms with van der Waals surface area (Å²) in [5.41, 5.74) is 0.177. The lowest BCUT2D eigenvalue weighted by molar-refractivity contribution is -0.0255. The van der Waals surface area contributed by atoms with Gasteiger partial charge < -0.3 is 10.2 Å². The fourth-order valence-corrected chi connectivity index (χ4v) is 3.74. The molecule has 20 heavy (non-hydrogen) atoms. The summed E-state index contributed by atoms with van der Waals surface area (Å²) in [5, 5.41) is 20.6. The molecule has 5 heteroatoms. The van der Waals surface area contributed by atoms with Gasteiger partial charge in [0, 0.05) is 6.54 Å². The maximum atomic E-state index is 10.2. The highest BCUT2D eigenvalue weighted by molar-refractivity contribution is 7.18. The molecule has 2 N–H and O–H groups in total. The number of rotatable bonds is 3. The highest BCUT2D eigenvalue weighted by Crippen LogP contribution is 2.26. The van der Waals surface area contributed by atoms with Crippen LogP contribution in [-0.2, 0) is 6.54 Å². The van der Waals surface area contributed by atoms with Crippen molar-refractivity contribution in [1.29, 1.82) is 0 Å². The van der Waals surface area contributed by atoms with Gasteiger partial charge in [-0.05, 0) is 37.9 Å². The predicted octanol–water partition coefficient (Wildman–Crippen LogP) is 2.01. The van der Waals surface area contributed by atoms with Gasteiger partial charge in [0.25, 0.3) is 0 Å². The predicted molar refractivity (Wildman–Crippen MR) is 80.8 cm³/mol. The maximum absolute atomic E-state index is 10.2. The van der Waals surface area contributed by atoms with Gasteiger partial charge in [0.05, 0.1) is 29.0 Å². The summed E-state index contributed by atoms with van der Waals surface area (Å²) in [6.07, 6.45) is 2.23. The molecule has 0 bridgehead atoms. The molecule has 1 aromatic carbocycles. The van der Waals surface area contributed by atoms with Crippen molar-refractivity contribution < 1.29 is 10.2 Å². The SMILES string of the molecule is OCC1(O)CCCN(Cc2nc3ccccc3s2)CC1. The molecule has 0 saturated carbocycles. The zero-order valence-corrected chi connectivity index (χ0v) is 12.3. The van der Waals surface area contributed by atoms with E-state index in [9.17, 15) is 10.2 Å². The zero-order chi connectivity index (χ0) is 14.0. The molecular weight excluding hydrogens is 272 g/mol. The second kappa shape index (κ2) is 5.77. The van der Waals surface area contributed by atoms with Crippen molar-refractivity contribution in [2.24, 2.45) is 0 Å². The van der Waals surface area contributed by atoms with E-state index in [1.807, 2.05) is 18.2 Å². The Morgan fingerprint density at radius 3 is 2.90 bits per heavy atom. The Morgan fingerprint density at radius 1 is 1.25 bits per heavy atom. The number of thiazole rings is 1. The molecule has 2 aromatic rings. The Bertz CT molecular complexity index is 553. The number of aromatic nitrogens is 1. The summed E-state index contributed by atoms with van der Waals surface area (Å²) in [6.45, 7) is 2.47. The molecule has 0 radical (unpaired) electrons. The van der Waals surface area contributed by atoms with Gasteiger partial charge in [0.2, 0.25) is 0 Å². The number of para-hydroxylation sites is 1. The molecule has 0 amide bonds. The normalized spacial score (nSPS) is 24.9. The van der Waals surface area contributed by atoms with Crippen LogP contribution in [0.3, 0.4) is 0 Å². The van der Waals surface area contributed by atoms with Crippen molar-refractivity contribution in [3.05, 3.63) is 29.3 Å². The molecule has 1 aliphatic heterocycles. The molecule has 2 heterocycles. The Morgan fingerprint density at radius 2 is 2.10 bits per heavy atom. The van der Waals surface area contributed by atoms with Gasteiger partial charge in [0.1, 0.15) is 5.01 Å². The number of nitrogens with zero attached hydrogens (tertiary/aromatic N) is 2. The monoisotopic (exact) mass is 292 g/mol. The Kier molecular flexibility index (Phi) is 4.03. The van der Waals surface area contributed by atoms with Gasteiger partial charge in [-0.3, -0.25) is 4.90 Å². The number of fused-ring (bicyclic) bond motifs is 1. The minimum atomic E-state index is -0.887. The van der Waals surface area contributed by atoms with Crippen LogP contribution in [0.5, 0.6) is 0 Å². The van der Waals surface area contributed by atoms with E-state index in [-0.39, 0.29) is 6.61 Å². The Hall–Kier alpha value is -1.01. The topological polar surface area (TPSA) is 56.6 Å². The molecule has 1 saturated heterocycles. The van der Waals surface area contributed by atoms with E-state index < -0.39 is 5.60 Å². The van der Waals surface area contributed by atoms with E-state index in [1.165, 1.54) is 4.70 Å². The first-order valence-corrected chi connectivity index (χ1v) is 7.90. The van der Waals surface area contributed by atoms with Crippen molar-refractivity contribution >= 4 is 21.6 Å². The molecule has 1 aliphatic rings. The summed E-state index contributed by atoms with van der Waals surface area (Å²) >= 11 is 1.74. The number of likely N-dealkylation sites (tertiary alicyclic amines) is 1. The molecule has 1 aromatic heterocycles. The van der Waals surface area contributed by atoms with Crippen LogP contribution in [0.25, 0.3) is 10.2 Å². The number of benzene rings is 1. The zero-order valence-electron chi connectivity index (χ0n) is 11.5. The maximum Gasteiger partial charge on any atom is 0.108 e. The van der Waals surface area contributed by atoms with Crippen molar-refractivity contribution in [2.45, 2.75) is 31.4 Å². The number of hydrogen-bond acceptors (Lipinski definition) is 5. The number of aliphatic hydroxyl groups is 2. The van der Waals surface area contributed by atoms with E-state index in [0.717, 1.165) is 36.6 Å². The molecule has 108 valence electrons. The molecular formula is C15H20N2O2S. The quantitative estimate of drug-likeness (QED) is 0.908. The van der Waals surface area contributed by atoms with Gasteiger partial charge in [-0.25, -0.2) is 4.98 Å². The van der Waals surface area contributed by atoms with Crippen LogP contribution in [0, 0.1) is 0 Å². The third kappa shape index (κ3) is 3.01. The first-order valence-electron chi connectivity index (χ1n) is 7.09. The average Bonchev–Trinajstić information content (AvgIpc) is 2.77. The summed E-state index contributed by atoms with van der Waals surface area (Å²) in [7, 11) is 0. The van der Waals surface area contributed by atoms with Crippen LogP contribution in [0.1, 0.15) is 24.3 Å². The van der Waals surface area contributed by atoms with Crippen molar-refractivity contribution in [1.82, 2.24) is 9.88 Å². The minimum absolute atomic E-state index is 0.137. The van der Waals surface area contributed by atoms with Crippen LogP contribution < -0.4 is 0 Å². The second-order valence-electron chi connectivity index (χ2n) is 5.59. The van der Waals surface area contributed by atoms with Gasteiger partial charge in [0.15, 0.2) is 0 Å². The van der Waals surface area contributed by atoms with Crippen molar-refractivity contribution in [3.63, 3.8) is 0 Å². The second-order valence-corrected chi connectivity index (χ2v) is 6.70. The standard InChI is InChI=1S/C15H20N2O2S/c18-11-15(19)6-3-8-17(9-7-15)10-14-16-12-4-1-2-5-13(12)20-14/h1-2,4-5,18-19H,3,6-11H2. The summed E-state index contributed by atoms with van der Waals surface area (Å²) < 4.78 is 1.23. The van der Waals surface area contributed by atoms with E-state index in [0.29, 0.717) is 12.8 Å². The highest BCUT2D eigenvalue weighted by Gasteiger charge is 2.29. The van der Waals surface area contributed by atoms with Crippen LogP contribution in [0.2, 0.25) is 0 Å². The van der Waals surface area contributed by atoms with Crippen LogP contribution in [0.4, 0.5) is 0 Å². The molecule has 4 nitrogen and oxygen atoms in total. The third-order valence-corrected chi connectivity index (χ3v) is 5.02. The van der Waals surface area contributed by atoms with E-state index >= 15 is 0 Å². The minimum Gasteiger partial charge on any atom is -0.393 e. The van der Waals surface area contributed by atoms with Crippen LogP contribution >= 0.6 is 11.3 Å². The number of hydrogen-bond donors (Lipinski definition) is 2. The van der Waals surface area contributed by atoms with Gasteiger partial charge in [-0.1, -0.05) is 12.1 Å². The third-order valence-electron chi connectivity index (χ3n) is 4.00. The van der Waals surface area contributed by atoms with E-state index in [4.69, 9.17) is 0 Å². The van der Waals surface area contributed by atoms with Crippen molar-refractivity contribution in [3.8, 4) is 0 Å². The highest BCUT2D eigenvalue weighted by atomic mass is 32.1. The summed E-state index contributed by atoms with van der Waals surface area (Å²) in [5.74, 6) is 0. The first-order chi connectivity index (χ1) is 9.68. The summed E-state index contributed by atoms with van der Waals surface area (Å²) in [4.78, 5) is 6.98. The van der Waals surface area contributed by atoms with E-state index in [2.05, 4.69) is 16.0 Å². The fraction of sp³-hybridized carbons (Fsp3) is 0.533. The molecule has 0 aliphatic carbocycles. The van der Waals surface area contributed by atoms with Crippen molar-refractivity contribution in [2.75, 3.05) is 19.7 Å². The van der Waals surface area contributed by atoms with Crippen LogP contribution in [0.15, 0.2) is 24.3 Å². The Labute approximate surface area is 122 Å². The van der Waals surface area contributed by atoms with Gasteiger partial charge in [-0.2, -0.15) is 0 Å². The lowest BCUT2D eigenvalue weighted by Gasteiger charge is -2.24. The molecule has 0 spiro atoms. The van der Waals surface area contributed by atoms with Gasteiger partial charge in [-0.15, -0.1) is 11.3 Å². The number of aliphatic hydroxyl groups excluding tert-OH is 1. The summed E-state index contributed by atoms with van der Waals surface area (Å²) in [6, 6.07) is 8.20. The smallest absolute Gasteiger partial charge is 0.108 e.